The number of methoxy groups -OCH3 is 2. The lowest BCUT2D eigenvalue weighted by Crippen LogP contribution is -2.22. The van der Waals surface area contributed by atoms with Crippen LogP contribution in [0.15, 0.2) is 12.4 Å². The van der Waals surface area contributed by atoms with Crippen LogP contribution in [0.2, 0.25) is 25.7 Å². The van der Waals surface area contributed by atoms with E-state index in [-0.39, 0.29) is 0 Å². The van der Waals surface area contributed by atoms with Gasteiger partial charge in [-0.3, -0.25) is 4.57 Å². The molecule has 0 bridgehead atoms. The lowest BCUT2D eigenvalue weighted by atomic mass is 10.4. The molecule has 0 radical (unpaired) electrons. The van der Waals surface area contributed by atoms with E-state index in [1.54, 1.807) is 14.2 Å². The van der Waals surface area contributed by atoms with Gasteiger partial charge >= 0.3 is 0 Å². The Morgan fingerprint density at radius 3 is 2.52 bits per heavy atom. The van der Waals surface area contributed by atoms with Crippen molar-refractivity contribution in [2.24, 2.45) is 0 Å². The van der Waals surface area contributed by atoms with E-state index in [1.165, 1.54) is 6.33 Å². The second kappa shape index (κ2) is 6.44. The Morgan fingerprint density at radius 1 is 1.14 bits per heavy atom. The highest BCUT2D eigenvalue weighted by Crippen LogP contribution is 2.29. The van der Waals surface area contributed by atoms with Crippen LogP contribution in [0.25, 0.3) is 11.0 Å². The maximum atomic E-state index is 5.81. The Hall–Kier alpha value is -1.60. The van der Waals surface area contributed by atoms with Crippen molar-refractivity contribution in [3.05, 3.63) is 12.4 Å². The topological polar surface area (TPSA) is 58.4 Å². The first-order valence-corrected chi connectivity index (χ1v) is 10.7. The van der Waals surface area contributed by atoms with E-state index < -0.39 is 8.07 Å². The highest BCUT2D eigenvalue weighted by Gasteiger charge is 2.16. The van der Waals surface area contributed by atoms with E-state index >= 15 is 0 Å². The third-order valence-corrected chi connectivity index (χ3v) is 4.94. The van der Waals surface area contributed by atoms with E-state index in [2.05, 4.69) is 29.6 Å². The molecule has 0 fully saturated rings. The molecule has 2 rings (SSSR count). The molecule has 2 aromatic heterocycles. The van der Waals surface area contributed by atoms with Crippen molar-refractivity contribution in [3.8, 4) is 11.8 Å². The number of nitrogens with zero attached hydrogens (tertiary/aromatic N) is 3. The van der Waals surface area contributed by atoms with Gasteiger partial charge < -0.3 is 14.2 Å². The molecule has 0 spiro atoms. The summed E-state index contributed by atoms with van der Waals surface area (Å²) >= 11 is 0. The summed E-state index contributed by atoms with van der Waals surface area (Å²) in [5.41, 5.74) is 1.58. The second-order valence-electron chi connectivity index (χ2n) is 6.08. The van der Waals surface area contributed by atoms with Crippen LogP contribution in [0.4, 0.5) is 0 Å². The molecule has 0 unspecified atom stereocenters. The SMILES string of the molecule is COc1ncnc2cc(OC)n(COCC[Si](C)(C)C)c12. The minimum atomic E-state index is -1.09. The van der Waals surface area contributed by atoms with Crippen LogP contribution in [0.5, 0.6) is 11.8 Å². The molecule has 0 amide bonds. The molecule has 21 heavy (non-hydrogen) atoms. The van der Waals surface area contributed by atoms with Crippen LogP contribution in [0, 0.1) is 0 Å². The van der Waals surface area contributed by atoms with Crippen LogP contribution < -0.4 is 9.47 Å². The van der Waals surface area contributed by atoms with Gasteiger partial charge in [0.25, 0.3) is 0 Å². The Labute approximate surface area is 126 Å². The predicted octanol–water partition coefficient (Wildman–Crippen LogP) is 2.76. The first-order chi connectivity index (χ1) is 9.96. The van der Waals surface area contributed by atoms with Gasteiger partial charge in [0.1, 0.15) is 18.6 Å². The van der Waals surface area contributed by atoms with Crippen LogP contribution in [0.1, 0.15) is 0 Å². The molecule has 0 aromatic carbocycles. The van der Waals surface area contributed by atoms with Gasteiger partial charge in [0.2, 0.25) is 5.88 Å². The smallest absolute Gasteiger partial charge is 0.241 e. The number of fused-ring (bicyclic) bond motifs is 1. The van der Waals surface area contributed by atoms with E-state index in [4.69, 9.17) is 14.2 Å². The number of aromatic nitrogens is 3. The molecule has 2 heterocycles. The van der Waals surface area contributed by atoms with Crippen molar-refractivity contribution in [3.63, 3.8) is 0 Å². The summed E-state index contributed by atoms with van der Waals surface area (Å²) in [6.45, 7) is 8.14. The second-order valence-corrected chi connectivity index (χ2v) is 11.7. The predicted molar refractivity (Wildman–Crippen MR) is 84.7 cm³/mol. The first-order valence-electron chi connectivity index (χ1n) is 6.96. The lowest BCUT2D eigenvalue weighted by molar-refractivity contribution is 0.0843. The molecule has 0 saturated carbocycles. The number of hydrogen-bond acceptors (Lipinski definition) is 5. The summed E-state index contributed by atoms with van der Waals surface area (Å²) in [6.07, 6.45) is 1.48. The summed E-state index contributed by atoms with van der Waals surface area (Å²) in [5.74, 6) is 1.22. The van der Waals surface area contributed by atoms with Crippen LogP contribution in [-0.2, 0) is 11.5 Å². The van der Waals surface area contributed by atoms with Crippen molar-refractivity contribution < 1.29 is 14.2 Å². The summed E-state index contributed by atoms with van der Waals surface area (Å²) in [4.78, 5) is 8.39. The number of rotatable bonds is 7. The molecule has 2 aromatic rings. The molecule has 7 heteroatoms. The van der Waals surface area contributed by atoms with Gasteiger partial charge in [-0.25, -0.2) is 4.98 Å². The number of hydrogen-bond donors (Lipinski definition) is 0. The van der Waals surface area contributed by atoms with Gasteiger partial charge in [-0.1, -0.05) is 19.6 Å². The molecular formula is C14H23N3O3Si. The normalized spacial score (nSPS) is 11.9. The summed E-state index contributed by atoms with van der Waals surface area (Å²) in [6, 6.07) is 2.99. The van der Waals surface area contributed by atoms with E-state index in [0.29, 0.717) is 18.5 Å². The average Bonchev–Trinajstić information content (AvgIpc) is 2.80. The Morgan fingerprint density at radius 2 is 1.90 bits per heavy atom. The van der Waals surface area contributed by atoms with E-state index in [1.807, 2.05) is 10.6 Å². The van der Waals surface area contributed by atoms with Crippen molar-refractivity contribution in [2.75, 3.05) is 20.8 Å². The zero-order valence-electron chi connectivity index (χ0n) is 13.3. The minimum Gasteiger partial charge on any atom is -0.482 e. The van der Waals surface area contributed by atoms with Crippen LogP contribution >= 0.6 is 0 Å². The van der Waals surface area contributed by atoms with Crippen molar-refractivity contribution in [1.29, 1.82) is 0 Å². The monoisotopic (exact) mass is 309 g/mol. The zero-order chi connectivity index (χ0) is 15.5. The fraction of sp³-hybridized carbons (Fsp3) is 0.571. The quantitative estimate of drug-likeness (QED) is 0.581. The van der Waals surface area contributed by atoms with Crippen molar-refractivity contribution >= 4 is 19.1 Å². The van der Waals surface area contributed by atoms with Gasteiger partial charge in [-0.15, -0.1) is 0 Å². The van der Waals surface area contributed by atoms with Crippen molar-refractivity contribution in [1.82, 2.24) is 14.5 Å². The maximum absolute atomic E-state index is 5.81. The molecule has 0 N–H and O–H groups in total. The van der Waals surface area contributed by atoms with Crippen LogP contribution in [-0.4, -0.2) is 43.4 Å². The molecule has 0 aliphatic rings. The highest BCUT2D eigenvalue weighted by molar-refractivity contribution is 6.76. The summed E-state index contributed by atoms with van der Waals surface area (Å²) in [5, 5.41) is 0. The van der Waals surface area contributed by atoms with Gasteiger partial charge in [0.05, 0.1) is 19.7 Å². The molecular weight excluding hydrogens is 286 g/mol. The molecule has 0 aliphatic carbocycles. The van der Waals surface area contributed by atoms with Gasteiger partial charge in [-0.05, 0) is 6.04 Å². The Bertz CT molecular complexity index is 607. The molecule has 0 aliphatic heterocycles. The standard InChI is InChI=1S/C14H23N3O3Si/c1-18-12-8-11-13(14(19-2)16-9-15-11)17(12)10-20-6-7-21(3,4)5/h8-9H,6-7,10H2,1-5H3. The summed E-state index contributed by atoms with van der Waals surface area (Å²) < 4.78 is 18.4. The zero-order valence-corrected chi connectivity index (χ0v) is 14.3. The molecule has 6 nitrogen and oxygen atoms in total. The van der Waals surface area contributed by atoms with Crippen molar-refractivity contribution in [2.45, 2.75) is 32.4 Å². The molecule has 0 saturated heterocycles. The lowest BCUT2D eigenvalue weighted by Gasteiger charge is -2.16. The third-order valence-electron chi connectivity index (χ3n) is 3.23. The van der Waals surface area contributed by atoms with Gasteiger partial charge in [0.15, 0.2) is 5.88 Å². The minimum absolute atomic E-state index is 0.404. The Balaban J connectivity index is 2.21. The molecule has 116 valence electrons. The Kier molecular flexibility index (Phi) is 4.84. The highest BCUT2D eigenvalue weighted by atomic mass is 28.3. The van der Waals surface area contributed by atoms with Gasteiger partial charge in [0, 0.05) is 20.7 Å². The fourth-order valence-electron chi connectivity index (χ4n) is 2.02. The fourth-order valence-corrected chi connectivity index (χ4v) is 2.78. The van der Waals surface area contributed by atoms with E-state index in [0.717, 1.165) is 23.7 Å². The van der Waals surface area contributed by atoms with Crippen LogP contribution in [0.3, 0.4) is 0 Å². The molecule has 0 atom stereocenters. The summed E-state index contributed by atoms with van der Waals surface area (Å²) in [7, 11) is 2.14. The largest absolute Gasteiger partial charge is 0.482 e. The van der Waals surface area contributed by atoms with E-state index in [9.17, 15) is 0 Å². The van der Waals surface area contributed by atoms with Gasteiger partial charge in [-0.2, -0.15) is 4.98 Å². The first kappa shape index (κ1) is 15.8. The number of ether oxygens (including phenoxy) is 3. The average molecular weight is 309 g/mol. The maximum Gasteiger partial charge on any atom is 0.241 e. The third kappa shape index (κ3) is 3.73.